The Bertz CT molecular complexity index is 1190. The summed E-state index contributed by atoms with van der Waals surface area (Å²) in [5.41, 5.74) is -0.950. The first kappa shape index (κ1) is 27.6. The van der Waals surface area contributed by atoms with Gasteiger partial charge in [0.15, 0.2) is 0 Å². The second kappa shape index (κ2) is 10.9. The van der Waals surface area contributed by atoms with E-state index in [4.69, 9.17) is 0 Å². The molecule has 1 amide bonds. The van der Waals surface area contributed by atoms with Crippen LogP contribution < -0.4 is 10.6 Å². The SMILES string of the molecule is CCN(Cc1ccccc1)S(=O)(=O)C[C@H](N[C@@H](c1ccc(F)cc1)C(F)(F)F)C(=O)NC1(C#N)CC1. The Balaban J connectivity index is 1.91. The van der Waals surface area contributed by atoms with Crippen LogP contribution in [0, 0.1) is 17.1 Å². The lowest BCUT2D eigenvalue weighted by molar-refractivity contribution is -0.160. The second-order valence-electron chi connectivity index (χ2n) is 8.62. The van der Waals surface area contributed by atoms with Crippen molar-refractivity contribution in [1.29, 1.82) is 5.26 Å². The van der Waals surface area contributed by atoms with Gasteiger partial charge in [-0.05, 0) is 36.1 Å². The molecule has 1 aliphatic rings. The lowest BCUT2D eigenvalue weighted by atomic mass is 10.0. The number of hydrogen-bond donors (Lipinski definition) is 2. The smallest absolute Gasteiger partial charge is 0.336 e. The Morgan fingerprint density at radius 2 is 1.75 bits per heavy atom. The van der Waals surface area contributed by atoms with Gasteiger partial charge in [-0.15, -0.1) is 0 Å². The maximum Gasteiger partial charge on any atom is 0.407 e. The number of nitrogens with one attached hydrogen (secondary N) is 2. The minimum absolute atomic E-state index is 0.0222. The van der Waals surface area contributed by atoms with Gasteiger partial charge < -0.3 is 5.32 Å². The molecule has 0 unspecified atom stereocenters. The van der Waals surface area contributed by atoms with Crippen molar-refractivity contribution in [3.05, 3.63) is 71.5 Å². The van der Waals surface area contributed by atoms with E-state index in [1.54, 1.807) is 37.3 Å². The number of sulfonamides is 1. The third-order valence-electron chi connectivity index (χ3n) is 5.87. The minimum Gasteiger partial charge on any atom is -0.336 e. The van der Waals surface area contributed by atoms with Gasteiger partial charge >= 0.3 is 6.18 Å². The molecule has 12 heteroatoms. The van der Waals surface area contributed by atoms with E-state index in [0.29, 0.717) is 18.4 Å². The maximum absolute atomic E-state index is 14.0. The summed E-state index contributed by atoms with van der Waals surface area (Å²) in [6.45, 7) is 1.57. The van der Waals surface area contributed by atoms with E-state index in [2.05, 4.69) is 10.6 Å². The fraction of sp³-hybridized carbons (Fsp3) is 0.417. The Hall–Kier alpha value is -3.01. The molecule has 2 aromatic rings. The highest BCUT2D eigenvalue weighted by molar-refractivity contribution is 7.89. The van der Waals surface area contributed by atoms with Crippen LogP contribution in [-0.2, 0) is 21.4 Å². The summed E-state index contributed by atoms with van der Waals surface area (Å²) in [6.07, 6.45) is -4.31. The first-order chi connectivity index (χ1) is 16.9. The number of hydrogen-bond acceptors (Lipinski definition) is 5. The molecule has 0 spiro atoms. The van der Waals surface area contributed by atoms with Gasteiger partial charge in [0.05, 0.1) is 11.8 Å². The van der Waals surface area contributed by atoms with Crippen molar-refractivity contribution in [3.63, 3.8) is 0 Å². The van der Waals surface area contributed by atoms with E-state index in [1.807, 2.05) is 6.07 Å². The number of nitrogens with zero attached hydrogens (tertiary/aromatic N) is 2. The number of carbonyl (C=O) groups is 1. The van der Waals surface area contributed by atoms with Gasteiger partial charge in [0.2, 0.25) is 15.9 Å². The van der Waals surface area contributed by atoms with Crippen LogP contribution in [0.25, 0.3) is 0 Å². The van der Waals surface area contributed by atoms with Gasteiger partial charge in [-0.1, -0.05) is 49.4 Å². The molecule has 36 heavy (non-hydrogen) atoms. The van der Waals surface area contributed by atoms with Crippen LogP contribution in [0.15, 0.2) is 54.6 Å². The van der Waals surface area contributed by atoms with Crippen LogP contribution in [-0.4, -0.2) is 48.7 Å². The Kier molecular flexibility index (Phi) is 8.38. The molecule has 1 fully saturated rings. The van der Waals surface area contributed by atoms with Crippen LogP contribution in [0.3, 0.4) is 0 Å². The molecule has 0 heterocycles. The predicted molar refractivity (Wildman–Crippen MR) is 124 cm³/mol. The molecular weight excluding hydrogens is 500 g/mol. The number of halogens is 4. The van der Waals surface area contributed by atoms with Crippen molar-refractivity contribution in [3.8, 4) is 6.07 Å². The molecule has 0 saturated heterocycles. The summed E-state index contributed by atoms with van der Waals surface area (Å²) in [6, 6.07) is 9.74. The third kappa shape index (κ3) is 7.02. The zero-order chi connectivity index (χ0) is 26.6. The summed E-state index contributed by atoms with van der Waals surface area (Å²) in [7, 11) is -4.24. The average Bonchev–Trinajstić information content (AvgIpc) is 3.60. The van der Waals surface area contributed by atoms with Gasteiger partial charge in [-0.3, -0.25) is 10.1 Å². The van der Waals surface area contributed by atoms with E-state index < -0.39 is 56.9 Å². The Labute approximate surface area is 207 Å². The third-order valence-corrected chi connectivity index (χ3v) is 7.80. The lowest BCUT2D eigenvalue weighted by Crippen LogP contribution is -2.55. The number of amides is 1. The number of alkyl halides is 3. The van der Waals surface area contributed by atoms with Crippen molar-refractivity contribution in [2.24, 2.45) is 0 Å². The van der Waals surface area contributed by atoms with E-state index in [1.165, 1.54) is 0 Å². The molecular formula is C24H26F4N4O3S. The Morgan fingerprint density at radius 1 is 1.14 bits per heavy atom. The number of nitriles is 1. The summed E-state index contributed by atoms with van der Waals surface area (Å²) in [5.74, 6) is -2.76. The van der Waals surface area contributed by atoms with E-state index in [-0.39, 0.29) is 13.1 Å². The van der Waals surface area contributed by atoms with Crippen molar-refractivity contribution in [2.45, 2.75) is 50.1 Å². The standard InChI is InChI=1S/C24H26F4N4O3S/c1-2-32(14-17-6-4-3-5-7-17)36(34,35)15-20(22(33)31-23(16-29)12-13-23)30-21(24(26,27)28)18-8-10-19(25)11-9-18/h3-11,20-21,30H,2,12-15H2,1H3,(H,31,33)/t20-,21-/m0/s1. The first-order valence-corrected chi connectivity index (χ1v) is 12.8. The molecule has 2 aromatic carbocycles. The summed E-state index contributed by atoms with van der Waals surface area (Å²) >= 11 is 0. The lowest BCUT2D eigenvalue weighted by Gasteiger charge is -2.29. The van der Waals surface area contributed by atoms with Crippen LogP contribution in [0.2, 0.25) is 0 Å². The highest BCUT2D eigenvalue weighted by Gasteiger charge is 2.48. The summed E-state index contributed by atoms with van der Waals surface area (Å²) in [4.78, 5) is 13.0. The Morgan fingerprint density at radius 3 is 2.25 bits per heavy atom. The number of rotatable bonds is 11. The second-order valence-corrected chi connectivity index (χ2v) is 10.6. The minimum atomic E-state index is -4.93. The fourth-order valence-corrected chi connectivity index (χ4v) is 5.28. The molecule has 2 atom stereocenters. The van der Waals surface area contributed by atoms with Crippen LogP contribution in [0.1, 0.15) is 36.9 Å². The normalized spacial score (nSPS) is 16.7. The van der Waals surface area contributed by atoms with Gasteiger partial charge in [0.1, 0.15) is 23.4 Å². The van der Waals surface area contributed by atoms with Crippen LogP contribution in [0.5, 0.6) is 0 Å². The zero-order valence-corrected chi connectivity index (χ0v) is 20.2. The molecule has 3 rings (SSSR count). The highest BCUT2D eigenvalue weighted by Crippen LogP contribution is 2.36. The maximum atomic E-state index is 14.0. The molecule has 1 aliphatic carbocycles. The highest BCUT2D eigenvalue weighted by atomic mass is 32.2. The first-order valence-electron chi connectivity index (χ1n) is 11.2. The molecule has 0 aromatic heterocycles. The molecule has 7 nitrogen and oxygen atoms in total. The molecule has 0 radical (unpaired) electrons. The van der Waals surface area contributed by atoms with Gasteiger partial charge in [0.25, 0.3) is 0 Å². The molecule has 0 aliphatic heterocycles. The summed E-state index contributed by atoms with van der Waals surface area (Å²) < 4.78 is 82.9. The van der Waals surface area contributed by atoms with Crippen molar-refractivity contribution >= 4 is 15.9 Å². The van der Waals surface area contributed by atoms with Crippen molar-refractivity contribution < 1.29 is 30.8 Å². The van der Waals surface area contributed by atoms with Crippen molar-refractivity contribution in [1.82, 2.24) is 14.9 Å². The topological polar surface area (TPSA) is 102 Å². The number of benzene rings is 2. The summed E-state index contributed by atoms with van der Waals surface area (Å²) in [5, 5.41) is 13.8. The molecule has 194 valence electrons. The van der Waals surface area contributed by atoms with Crippen molar-refractivity contribution in [2.75, 3.05) is 12.3 Å². The molecule has 1 saturated carbocycles. The van der Waals surface area contributed by atoms with Gasteiger partial charge in [-0.2, -0.15) is 22.7 Å². The zero-order valence-electron chi connectivity index (χ0n) is 19.4. The molecule has 2 N–H and O–H groups in total. The van der Waals surface area contributed by atoms with E-state index in [9.17, 15) is 36.0 Å². The predicted octanol–water partition coefficient (Wildman–Crippen LogP) is 3.41. The quantitative estimate of drug-likeness (QED) is 0.437. The average molecular weight is 527 g/mol. The monoisotopic (exact) mass is 526 g/mol. The van der Waals surface area contributed by atoms with E-state index in [0.717, 1.165) is 28.6 Å². The largest absolute Gasteiger partial charge is 0.407 e. The fourth-order valence-electron chi connectivity index (χ4n) is 3.66. The number of carbonyl (C=O) groups excluding carboxylic acids is 1. The van der Waals surface area contributed by atoms with Gasteiger partial charge in [-0.25, -0.2) is 12.8 Å². The van der Waals surface area contributed by atoms with E-state index >= 15 is 0 Å². The van der Waals surface area contributed by atoms with Crippen LogP contribution >= 0.6 is 0 Å². The van der Waals surface area contributed by atoms with Gasteiger partial charge in [0, 0.05) is 13.1 Å². The van der Waals surface area contributed by atoms with Crippen LogP contribution in [0.4, 0.5) is 17.6 Å². The molecule has 0 bridgehead atoms.